The molecular weight excluding hydrogens is 425 g/mol. The summed E-state index contributed by atoms with van der Waals surface area (Å²) in [6.45, 7) is 2.99. The Kier molecular flexibility index (Phi) is 6.35. The zero-order valence-corrected chi connectivity index (χ0v) is 18.8. The molecule has 1 fully saturated rings. The summed E-state index contributed by atoms with van der Waals surface area (Å²) in [4.78, 5) is 40.0. The monoisotopic (exact) mass is 453 g/mol. The van der Waals surface area contributed by atoms with Crippen molar-refractivity contribution >= 4 is 29.1 Å². The Labute approximate surface area is 192 Å². The number of amides is 3. The lowest BCUT2D eigenvalue weighted by Gasteiger charge is -2.38. The van der Waals surface area contributed by atoms with Gasteiger partial charge in [0.1, 0.15) is 18.1 Å². The van der Waals surface area contributed by atoms with Gasteiger partial charge in [-0.1, -0.05) is 19.3 Å². The van der Waals surface area contributed by atoms with E-state index in [-0.39, 0.29) is 18.5 Å². The first-order valence-corrected chi connectivity index (χ1v) is 11.2. The highest BCUT2D eigenvalue weighted by Gasteiger charge is 2.42. The van der Waals surface area contributed by atoms with Crippen molar-refractivity contribution in [2.75, 3.05) is 16.8 Å². The number of nitrogens with one attached hydrogen (secondary N) is 2. The van der Waals surface area contributed by atoms with Crippen LogP contribution in [-0.4, -0.2) is 35.9 Å². The lowest BCUT2D eigenvalue weighted by Crippen LogP contribution is -2.54. The second kappa shape index (κ2) is 9.21. The first-order chi connectivity index (χ1) is 15.7. The average molecular weight is 454 g/mol. The molecule has 8 heteroatoms. The minimum Gasteiger partial charge on any atom is -0.476 e. The zero-order valence-electron chi connectivity index (χ0n) is 18.8. The van der Waals surface area contributed by atoms with E-state index in [0.29, 0.717) is 22.7 Å². The number of benzene rings is 2. The number of carbonyl (C=O) groups is 3. The number of rotatable bonds is 5. The lowest BCUT2D eigenvalue weighted by atomic mass is 9.95. The minimum atomic E-state index is -1.17. The molecule has 0 bridgehead atoms. The molecule has 2 aliphatic rings. The lowest BCUT2D eigenvalue weighted by molar-refractivity contribution is -0.133. The van der Waals surface area contributed by atoms with Crippen LogP contribution in [0.3, 0.4) is 0 Å². The molecule has 0 spiro atoms. The maximum absolute atomic E-state index is 13.1. The first-order valence-electron chi connectivity index (χ1n) is 11.2. The van der Waals surface area contributed by atoms with Gasteiger partial charge in [-0.3, -0.25) is 19.3 Å². The van der Waals surface area contributed by atoms with E-state index in [9.17, 15) is 18.8 Å². The summed E-state index contributed by atoms with van der Waals surface area (Å²) in [6.07, 6.45) is 5.31. The van der Waals surface area contributed by atoms with E-state index in [0.717, 1.165) is 25.7 Å². The fourth-order valence-electron chi connectivity index (χ4n) is 4.26. The molecule has 2 N–H and O–H groups in total. The van der Waals surface area contributed by atoms with Gasteiger partial charge in [0.05, 0.1) is 5.69 Å². The van der Waals surface area contributed by atoms with Gasteiger partial charge in [0, 0.05) is 17.3 Å². The highest BCUT2D eigenvalue weighted by Crippen LogP contribution is 2.38. The summed E-state index contributed by atoms with van der Waals surface area (Å²) >= 11 is 0. The SMILES string of the molecule is CC1(C)Oc2ccc(C(=O)NC3CCCCC3)cc2N(CC(=O)Nc2ccc(F)cc2)C1=O. The normalized spacial score (nSPS) is 17.7. The molecule has 1 aliphatic carbocycles. The molecule has 0 radical (unpaired) electrons. The topological polar surface area (TPSA) is 87.7 Å². The number of halogens is 1. The molecule has 0 aromatic heterocycles. The number of anilines is 2. The van der Waals surface area contributed by atoms with Gasteiger partial charge >= 0.3 is 0 Å². The molecule has 1 saturated carbocycles. The number of carbonyl (C=O) groups excluding carboxylic acids is 3. The molecule has 0 saturated heterocycles. The molecule has 3 amide bonds. The molecule has 0 atom stereocenters. The Bertz CT molecular complexity index is 1060. The third-order valence-corrected chi connectivity index (χ3v) is 6.01. The van der Waals surface area contributed by atoms with Crippen LogP contribution in [-0.2, 0) is 9.59 Å². The maximum Gasteiger partial charge on any atom is 0.271 e. The summed E-state index contributed by atoms with van der Waals surface area (Å²) < 4.78 is 19.0. The fourth-order valence-corrected chi connectivity index (χ4v) is 4.26. The smallest absolute Gasteiger partial charge is 0.271 e. The summed E-state index contributed by atoms with van der Waals surface area (Å²) in [7, 11) is 0. The van der Waals surface area contributed by atoms with Gasteiger partial charge in [-0.25, -0.2) is 4.39 Å². The number of hydrogen-bond donors (Lipinski definition) is 2. The molecule has 33 heavy (non-hydrogen) atoms. The molecule has 0 unspecified atom stereocenters. The van der Waals surface area contributed by atoms with E-state index >= 15 is 0 Å². The van der Waals surface area contributed by atoms with Crippen LogP contribution in [0.4, 0.5) is 15.8 Å². The molecule has 174 valence electrons. The van der Waals surface area contributed by atoms with Crippen molar-refractivity contribution in [1.82, 2.24) is 5.32 Å². The van der Waals surface area contributed by atoms with Crippen LogP contribution in [0.25, 0.3) is 0 Å². The maximum atomic E-state index is 13.1. The van der Waals surface area contributed by atoms with E-state index in [2.05, 4.69) is 10.6 Å². The average Bonchev–Trinajstić information content (AvgIpc) is 2.78. The summed E-state index contributed by atoms with van der Waals surface area (Å²) in [5.74, 6) is -1.04. The standard InChI is InChI=1S/C25H28FN3O4/c1-25(2)24(32)29(15-22(30)27-19-11-9-17(26)10-12-19)20-14-16(8-13-21(20)33-25)23(31)28-18-6-4-3-5-7-18/h8-14,18H,3-7,15H2,1-2H3,(H,27,30)(H,28,31). The Morgan fingerprint density at radius 3 is 2.48 bits per heavy atom. The van der Waals surface area contributed by atoms with E-state index in [4.69, 9.17) is 4.74 Å². The number of nitrogens with zero attached hydrogens (tertiary/aromatic N) is 1. The van der Waals surface area contributed by atoms with Crippen LogP contribution in [0.1, 0.15) is 56.3 Å². The highest BCUT2D eigenvalue weighted by molar-refractivity contribution is 6.08. The summed E-state index contributed by atoms with van der Waals surface area (Å²) in [6, 6.07) is 10.4. The zero-order chi connectivity index (χ0) is 23.6. The van der Waals surface area contributed by atoms with Crippen molar-refractivity contribution in [2.45, 2.75) is 57.6 Å². The Balaban J connectivity index is 1.55. The third-order valence-electron chi connectivity index (χ3n) is 6.01. The van der Waals surface area contributed by atoms with Gasteiger partial charge in [-0.05, 0) is 69.2 Å². The molecular formula is C25H28FN3O4. The third kappa shape index (κ3) is 5.16. The second-order valence-electron chi connectivity index (χ2n) is 9.05. The van der Waals surface area contributed by atoms with Crippen LogP contribution in [0, 0.1) is 5.82 Å². The largest absolute Gasteiger partial charge is 0.476 e. The Morgan fingerprint density at radius 1 is 1.09 bits per heavy atom. The Morgan fingerprint density at radius 2 is 1.79 bits per heavy atom. The van der Waals surface area contributed by atoms with Crippen molar-refractivity contribution in [3.05, 3.63) is 53.8 Å². The molecule has 4 rings (SSSR count). The van der Waals surface area contributed by atoms with Crippen molar-refractivity contribution in [1.29, 1.82) is 0 Å². The molecule has 1 aliphatic heterocycles. The van der Waals surface area contributed by atoms with E-state index in [1.165, 1.54) is 35.6 Å². The van der Waals surface area contributed by atoms with Gasteiger partial charge < -0.3 is 15.4 Å². The number of hydrogen-bond acceptors (Lipinski definition) is 4. The van der Waals surface area contributed by atoms with Crippen LogP contribution >= 0.6 is 0 Å². The highest BCUT2D eigenvalue weighted by atomic mass is 19.1. The van der Waals surface area contributed by atoms with E-state index < -0.39 is 23.2 Å². The van der Waals surface area contributed by atoms with E-state index in [1.807, 2.05) is 0 Å². The second-order valence-corrected chi connectivity index (χ2v) is 9.05. The molecule has 1 heterocycles. The first kappa shape index (κ1) is 22.8. The van der Waals surface area contributed by atoms with E-state index in [1.54, 1.807) is 32.0 Å². The number of fused-ring (bicyclic) bond motifs is 1. The number of ether oxygens (including phenoxy) is 1. The van der Waals surface area contributed by atoms with Gasteiger partial charge in [0.2, 0.25) is 5.91 Å². The predicted molar refractivity (Wildman–Crippen MR) is 123 cm³/mol. The van der Waals surface area contributed by atoms with Gasteiger partial charge in [-0.2, -0.15) is 0 Å². The molecule has 2 aromatic rings. The van der Waals surface area contributed by atoms with Crippen LogP contribution in [0.5, 0.6) is 5.75 Å². The van der Waals surface area contributed by atoms with Crippen molar-refractivity contribution < 1.29 is 23.5 Å². The molecule has 2 aromatic carbocycles. The minimum absolute atomic E-state index is 0.150. The van der Waals surface area contributed by atoms with Crippen molar-refractivity contribution in [3.8, 4) is 5.75 Å². The summed E-state index contributed by atoms with van der Waals surface area (Å²) in [5.41, 5.74) is 0.0149. The van der Waals surface area contributed by atoms with Gasteiger partial charge in [0.25, 0.3) is 11.8 Å². The Hall–Kier alpha value is -3.42. The van der Waals surface area contributed by atoms with Gasteiger partial charge in [-0.15, -0.1) is 0 Å². The van der Waals surface area contributed by atoms with Crippen LogP contribution in [0.2, 0.25) is 0 Å². The van der Waals surface area contributed by atoms with Crippen LogP contribution in [0.15, 0.2) is 42.5 Å². The summed E-state index contributed by atoms with van der Waals surface area (Å²) in [5, 5.41) is 5.74. The predicted octanol–water partition coefficient (Wildman–Crippen LogP) is 4.03. The molecule has 7 nitrogen and oxygen atoms in total. The quantitative estimate of drug-likeness (QED) is 0.716. The van der Waals surface area contributed by atoms with Gasteiger partial charge in [0.15, 0.2) is 5.60 Å². The van der Waals surface area contributed by atoms with Crippen molar-refractivity contribution in [3.63, 3.8) is 0 Å². The fraction of sp³-hybridized carbons (Fsp3) is 0.400. The van der Waals surface area contributed by atoms with Crippen molar-refractivity contribution in [2.24, 2.45) is 0 Å². The van der Waals surface area contributed by atoms with Crippen LogP contribution < -0.4 is 20.3 Å².